The molecule has 4 nitrogen and oxygen atoms in total. The van der Waals surface area contributed by atoms with Gasteiger partial charge in [0, 0.05) is 18.6 Å². The van der Waals surface area contributed by atoms with Gasteiger partial charge < -0.3 is 16.0 Å². The van der Waals surface area contributed by atoms with Crippen molar-refractivity contribution in [2.75, 3.05) is 19.6 Å². The summed E-state index contributed by atoms with van der Waals surface area (Å²) < 4.78 is 0. The van der Waals surface area contributed by atoms with Gasteiger partial charge in [-0.25, -0.2) is 4.79 Å². The molecule has 1 aliphatic rings. The van der Waals surface area contributed by atoms with Crippen LogP contribution in [0.4, 0.5) is 4.79 Å². The highest BCUT2D eigenvalue weighted by atomic mass is 16.2. The second-order valence-corrected chi connectivity index (χ2v) is 5.02. The van der Waals surface area contributed by atoms with E-state index in [-0.39, 0.29) is 11.6 Å². The van der Waals surface area contributed by atoms with Crippen LogP contribution in [0, 0.1) is 5.92 Å². The zero-order chi connectivity index (χ0) is 10.8. The molecule has 0 radical (unpaired) electrons. The van der Waals surface area contributed by atoms with Gasteiger partial charge in [0.15, 0.2) is 0 Å². The van der Waals surface area contributed by atoms with Gasteiger partial charge in [0.1, 0.15) is 0 Å². The second kappa shape index (κ2) is 4.17. The summed E-state index contributed by atoms with van der Waals surface area (Å²) in [6.07, 6.45) is 1.04. The van der Waals surface area contributed by atoms with Crippen molar-refractivity contribution in [2.24, 2.45) is 11.7 Å². The van der Waals surface area contributed by atoms with Gasteiger partial charge in [0.05, 0.1) is 0 Å². The Kier molecular flexibility index (Phi) is 3.37. The maximum absolute atomic E-state index is 11.7. The van der Waals surface area contributed by atoms with Crippen molar-refractivity contribution in [3.8, 4) is 0 Å². The number of rotatable bonds is 1. The number of nitrogens with zero attached hydrogens (tertiary/aromatic N) is 1. The fourth-order valence-electron chi connectivity index (χ4n) is 1.61. The fourth-order valence-corrected chi connectivity index (χ4v) is 1.61. The monoisotopic (exact) mass is 199 g/mol. The summed E-state index contributed by atoms with van der Waals surface area (Å²) in [7, 11) is 0. The van der Waals surface area contributed by atoms with E-state index < -0.39 is 0 Å². The topological polar surface area (TPSA) is 58.4 Å². The first kappa shape index (κ1) is 11.3. The predicted molar refractivity (Wildman–Crippen MR) is 57.0 cm³/mol. The minimum atomic E-state index is -0.155. The lowest BCUT2D eigenvalue weighted by molar-refractivity contribution is 0.198. The van der Waals surface area contributed by atoms with E-state index in [1.54, 1.807) is 0 Å². The van der Waals surface area contributed by atoms with Crippen molar-refractivity contribution in [2.45, 2.75) is 32.7 Å². The van der Waals surface area contributed by atoms with Crippen LogP contribution in [0.2, 0.25) is 0 Å². The third-order valence-electron chi connectivity index (χ3n) is 2.39. The van der Waals surface area contributed by atoms with Crippen LogP contribution in [0.15, 0.2) is 0 Å². The van der Waals surface area contributed by atoms with Crippen molar-refractivity contribution in [3.63, 3.8) is 0 Å². The van der Waals surface area contributed by atoms with Crippen molar-refractivity contribution in [1.82, 2.24) is 10.2 Å². The zero-order valence-corrected chi connectivity index (χ0v) is 9.34. The summed E-state index contributed by atoms with van der Waals surface area (Å²) in [5, 5.41) is 2.95. The van der Waals surface area contributed by atoms with Crippen molar-refractivity contribution in [3.05, 3.63) is 0 Å². The molecule has 0 aliphatic carbocycles. The van der Waals surface area contributed by atoms with Crippen LogP contribution in [-0.4, -0.2) is 36.1 Å². The minimum absolute atomic E-state index is 0.0356. The Morgan fingerprint density at radius 1 is 1.57 bits per heavy atom. The molecule has 0 aromatic carbocycles. The Labute approximate surface area is 85.8 Å². The highest BCUT2D eigenvalue weighted by Gasteiger charge is 2.27. The first-order valence-corrected chi connectivity index (χ1v) is 5.19. The van der Waals surface area contributed by atoms with Crippen molar-refractivity contribution < 1.29 is 4.79 Å². The van der Waals surface area contributed by atoms with E-state index in [1.165, 1.54) is 0 Å². The quantitative estimate of drug-likeness (QED) is 0.655. The molecule has 0 bridgehead atoms. The number of likely N-dealkylation sites (tertiary alicyclic amines) is 1. The predicted octanol–water partition coefficient (Wildman–Crippen LogP) is 0.775. The molecule has 1 fully saturated rings. The minimum Gasteiger partial charge on any atom is -0.333 e. The summed E-state index contributed by atoms with van der Waals surface area (Å²) in [4.78, 5) is 13.5. The second-order valence-electron chi connectivity index (χ2n) is 5.02. The third-order valence-corrected chi connectivity index (χ3v) is 2.39. The van der Waals surface area contributed by atoms with Crippen molar-refractivity contribution in [1.29, 1.82) is 0 Å². The summed E-state index contributed by atoms with van der Waals surface area (Å²) in [5.74, 6) is 0.487. The van der Waals surface area contributed by atoms with Crippen LogP contribution >= 0.6 is 0 Å². The van der Waals surface area contributed by atoms with E-state index in [9.17, 15) is 4.79 Å². The summed E-state index contributed by atoms with van der Waals surface area (Å²) in [5.41, 5.74) is 5.41. The van der Waals surface area contributed by atoms with Gasteiger partial charge >= 0.3 is 6.03 Å². The molecule has 82 valence electrons. The Bertz CT molecular complexity index is 210. The number of nitrogens with one attached hydrogen (secondary N) is 1. The first-order chi connectivity index (χ1) is 6.42. The van der Waals surface area contributed by atoms with Gasteiger partial charge in [0.25, 0.3) is 0 Å². The van der Waals surface area contributed by atoms with Gasteiger partial charge in [-0.1, -0.05) is 0 Å². The molecule has 1 rings (SSSR count). The van der Waals surface area contributed by atoms with Crippen molar-refractivity contribution >= 4 is 6.03 Å². The molecule has 2 amide bonds. The molecule has 4 heteroatoms. The van der Waals surface area contributed by atoms with Gasteiger partial charge in [-0.2, -0.15) is 0 Å². The maximum atomic E-state index is 11.7. The normalized spacial score (nSPS) is 22.6. The van der Waals surface area contributed by atoms with E-state index in [4.69, 9.17) is 5.73 Å². The van der Waals surface area contributed by atoms with Crippen LogP contribution < -0.4 is 11.1 Å². The largest absolute Gasteiger partial charge is 0.333 e. The number of hydrogen-bond acceptors (Lipinski definition) is 2. The Morgan fingerprint density at radius 3 is 2.64 bits per heavy atom. The van der Waals surface area contributed by atoms with Gasteiger partial charge in [-0.3, -0.25) is 0 Å². The highest BCUT2D eigenvalue weighted by Crippen LogP contribution is 2.15. The molecule has 1 atom stereocenters. The number of carbonyl (C=O) groups excluding carboxylic acids is 1. The first-order valence-electron chi connectivity index (χ1n) is 5.19. The Hall–Kier alpha value is -0.770. The Morgan fingerprint density at radius 2 is 2.21 bits per heavy atom. The molecule has 3 N–H and O–H groups in total. The standard InChI is InChI=1S/C10H21N3O/c1-10(2,3)12-9(14)13-5-4-8(6-11)7-13/h8H,4-7,11H2,1-3H3,(H,12,14). The maximum Gasteiger partial charge on any atom is 0.317 e. The smallest absolute Gasteiger partial charge is 0.317 e. The van der Waals surface area contributed by atoms with Crippen LogP contribution in [-0.2, 0) is 0 Å². The molecular formula is C10H21N3O. The highest BCUT2D eigenvalue weighted by molar-refractivity contribution is 5.75. The lowest BCUT2D eigenvalue weighted by atomic mass is 10.1. The van der Waals surface area contributed by atoms with Gasteiger partial charge in [-0.05, 0) is 39.7 Å². The summed E-state index contributed by atoms with van der Waals surface area (Å²) in [6, 6.07) is 0.0356. The lowest BCUT2D eigenvalue weighted by Crippen LogP contribution is -2.47. The number of nitrogens with two attached hydrogens (primary N) is 1. The van der Waals surface area contributed by atoms with Crippen LogP contribution in [0.1, 0.15) is 27.2 Å². The molecule has 1 saturated heterocycles. The van der Waals surface area contributed by atoms with E-state index in [2.05, 4.69) is 5.32 Å². The Balaban J connectivity index is 2.40. The van der Waals surface area contributed by atoms with E-state index in [0.29, 0.717) is 12.5 Å². The number of amides is 2. The molecule has 0 aromatic rings. The number of carbonyl (C=O) groups is 1. The molecule has 1 heterocycles. The van der Waals surface area contributed by atoms with E-state index >= 15 is 0 Å². The lowest BCUT2D eigenvalue weighted by Gasteiger charge is -2.25. The molecule has 0 aromatic heterocycles. The molecule has 1 unspecified atom stereocenters. The number of urea groups is 1. The fraction of sp³-hybridized carbons (Fsp3) is 0.900. The summed E-state index contributed by atoms with van der Waals surface area (Å²) in [6.45, 7) is 8.28. The van der Waals surface area contributed by atoms with Crippen LogP contribution in [0.5, 0.6) is 0 Å². The molecule has 0 saturated carbocycles. The average molecular weight is 199 g/mol. The molecular weight excluding hydrogens is 178 g/mol. The number of hydrogen-bond donors (Lipinski definition) is 2. The third kappa shape index (κ3) is 3.18. The van der Waals surface area contributed by atoms with Crippen LogP contribution in [0.3, 0.4) is 0 Å². The van der Waals surface area contributed by atoms with Crippen LogP contribution in [0.25, 0.3) is 0 Å². The average Bonchev–Trinajstić information content (AvgIpc) is 2.48. The van der Waals surface area contributed by atoms with E-state index in [1.807, 2.05) is 25.7 Å². The van der Waals surface area contributed by atoms with E-state index in [0.717, 1.165) is 19.5 Å². The molecule has 14 heavy (non-hydrogen) atoms. The SMILES string of the molecule is CC(C)(C)NC(=O)N1CCC(CN)C1. The van der Waals surface area contributed by atoms with Gasteiger partial charge in [0.2, 0.25) is 0 Å². The summed E-state index contributed by atoms with van der Waals surface area (Å²) >= 11 is 0. The molecule has 1 aliphatic heterocycles. The zero-order valence-electron chi connectivity index (χ0n) is 9.34. The van der Waals surface area contributed by atoms with Gasteiger partial charge in [-0.15, -0.1) is 0 Å². The molecule has 0 spiro atoms.